The number of aromatic amines is 1. The molecule has 2 heterocycles. The molecule has 4 nitrogen and oxygen atoms in total. The molecule has 0 radical (unpaired) electrons. The summed E-state index contributed by atoms with van der Waals surface area (Å²) in [7, 11) is 0. The molecule has 2 rings (SSSR count). The maximum atomic E-state index is 11.0. The molecule has 0 unspecified atom stereocenters. The van der Waals surface area contributed by atoms with Crippen molar-refractivity contribution in [2.45, 2.75) is 19.3 Å². The normalized spacial score (nSPS) is 12.1. The summed E-state index contributed by atoms with van der Waals surface area (Å²) in [6.07, 6.45) is 0. The molecule has 0 aliphatic rings. The Morgan fingerprint density at radius 2 is 2.36 bits per heavy atom. The molecule has 14 heavy (non-hydrogen) atoms. The molecule has 2 aromatic rings. The fraction of sp³-hybridized carbons (Fsp3) is 0.333. The molecule has 5 heteroatoms. The summed E-state index contributed by atoms with van der Waals surface area (Å²) in [5.74, 6) is -0.851. The highest BCUT2D eigenvalue weighted by Crippen LogP contribution is 2.31. The number of carboxylic acids is 1. The lowest BCUT2D eigenvalue weighted by molar-refractivity contribution is -0.142. The minimum atomic E-state index is -0.917. The lowest BCUT2D eigenvalue weighted by Crippen LogP contribution is -2.29. The largest absolute Gasteiger partial charge is 0.481 e. The summed E-state index contributed by atoms with van der Waals surface area (Å²) in [4.78, 5) is 11.0. The van der Waals surface area contributed by atoms with Gasteiger partial charge in [0, 0.05) is 0 Å². The quantitative estimate of drug-likeness (QED) is 0.796. The number of fused-ring (bicyclic) bond motifs is 1. The number of aromatic nitrogens is 2. The van der Waals surface area contributed by atoms with Crippen LogP contribution in [-0.4, -0.2) is 21.3 Å². The Kier molecular flexibility index (Phi) is 1.85. The molecule has 0 aromatic carbocycles. The van der Waals surface area contributed by atoms with Gasteiger partial charge in [-0.3, -0.25) is 9.89 Å². The van der Waals surface area contributed by atoms with Gasteiger partial charge in [0.1, 0.15) is 10.9 Å². The molecule has 0 bridgehead atoms. The Morgan fingerprint density at radius 1 is 1.64 bits per heavy atom. The Labute approximate surface area is 84.6 Å². The minimum Gasteiger partial charge on any atom is -0.481 e. The van der Waals surface area contributed by atoms with Crippen molar-refractivity contribution >= 4 is 27.5 Å². The van der Waals surface area contributed by atoms with Crippen molar-refractivity contribution in [1.82, 2.24) is 10.2 Å². The number of thiophene rings is 1. The van der Waals surface area contributed by atoms with Gasteiger partial charge in [0.15, 0.2) is 0 Å². The van der Waals surface area contributed by atoms with Gasteiger partial charge in [-0.25, -0.2) is 0 Å². The first-order chi connectivity index (χ1) is 6.53. The Hall–Kier alpha value is -1.36. The van der Waals surface area contributed by atoms with E-state index in [4.69, 9.17) is 5.11 Å². The van der Waals surface area contributed by atoms with Crippen LogP contribution in [0.2, 0.25) is 0 Å². The summed E-state index contributed by atoms with van der Waals surface area (Å²) in [6, 6.07) is 1.87. The van der Waals surface area contributed by atoms with Gasteiger partial charge < -0.3 is 5.11 Å². The third-order valence-corrected chi connectivity index (χ3v) is 3.24. The number of hydrogen-bond acceptors (Lipinski definition) is 3. The summed E-state index contributed by atoms with van der Waals surface area (Å²) >= 11 is 1.51. The standard InChI is InChI=1S/C9H10N2O2S/c1-9(2,8(12)13)7-6-5(10-11-7)3-4-14-6/h3-4H,1-2H3,(H,10,11)(H,12,13). The summed E-state index contributed by atoms with van der Waals surface area (Å²) in [6.45, 7) is 3.34. The topological polar surface area (TPSA) is 66.0 Å². The molecule has 0 spiro atoms. The van der Waals surface area contributed by atoms with E-state index in [1.54, 1.807) is 13.8 Å². The maximum absolute atomic E-state index is 11.0. The first-order valence-electron chi connectivity index (χ1n) is 4.19. The van der Waals surface area contributed by atoms with Gasteiger partial charge in [-0.1, -0.05) is 0 Å². The van der Waals surface area contributed by atoms with Gasteiger partial charge in [-0.15, -0.1) is 11.3 Å². The van der Waals surface area contributed by atoms with E-state index in [1.165, 1.54) is 11.3 Å². The molecule has 0 fully saturated rings. The lowest BCUT2D eigenvalue weighted by atomic mass is 9.89. The summed E-state index contributed by atoms with van der Waals surface area (Å²) < 4.78 is 0.928. The molecule has 0 saturated heterocycles. The Bertz CT molecular complexity index is 484. The van der Waals surface area contributed by atoms with E-state index < -0.39 is 11.4 Å². The van der Waals surface area contributed by atoms with Crippen molar-refractivity contribution in [2.24, 2.45) is 0 Å². The first kappa shape index (κ1) is 9.21. The van der Waals surface area contributed by atoms with Crippen LogP contribution in [0, 0.1) is 0 Å². The number of H-pyrrole nitrogens is 1. The highest BCUT2D eigenvalue weighted by atomic mass is 32.1. The summed E-state index contributed by atoms with van der Waals surface area (Å²) in [5, 5.41) is 17.8. The fourth-order valence-corrected chi connectivity index (χ4v) is 2.26. The Morgan fingerprint density at radius 3 is 3.00 bits per heavy atom. The van der Waals surface area contributed by atoms with Crippen molar-refractivity contribution in [3.63, 3.8) is 0 Å². The van der Waals surface area contributed by atoms with Gasteiger partial charge in [-0.2, -0.15) is 5.10 Å². The molecule has 0 aliphatic carbocycles. The zero-order valence-electron chi connectivity index (χ0n) is 7.87. The fourth-order valence-electron chi connectivity index (χ4n) is 1.28. The van der Waals surface area contributed by atoms with Crippen LogP contribution in [0.4, 0.5) is 0 Å². The van der Waals surface area contributed by atoms with Gasteiger partial charge in [0.05, 0.1) is 10.4 Å². The molecule has 0 aliphatic heterocycles. The van der Waals surface area contributed by atoms with E-state index in [1.807, 2.05) is 11.4 Å². The maximum Gasteiger partial charge on any atom is 0.315 e. The average Bonchev–Trinajstić information content (AvgIpc) is 2.61. The highest BCUT2D eigenvalue weighted by Gasteiger charge is 2.33. The van der Waals surface area contributed by atoms with Gasteiger partial charge >= 0.3 is 5.97 Å². The zero-order chi connectivity index (χ0) is 10.3. The number of nitrogens with one attached hydrogen (secondary N) is 1. The van der Waals surface area contributed by atoms with Crippen LogP contribution in [0.25, 0.3) is 10.2 Å². The molecular weight excluding hydrogens is 200 g/mol. The van der Waals surface area contributed by atoms with E-state index in [2.05, 4.69) is 10.2 Å². The predicted molar refractivity (Wildman–Crippen MR) is 54.6 cm³/mol. The first-order valence-corrected chi connectivity index (χ1v) is 5.07. The molecule has 0 atom stereocenters. The van der Waals surface area contributed by atoms with E-state index in [0.717, 1.165) is 10.2 Å². The monoisotopic (exact) mass is 210 g/mol. The van der Waals surface area contributed by atoms with Gasteiger partial charge in [0.2, 0.25) is 0 Å². The molecule has 2 N–H and O–H groups in total. The second-order valence-electron chi connectivity index (χ2n) is 3.66. The van der Waals surface area contributed by atoms with Crippen molar-refractivity contribution in [2.75, 3.05) is 0 Å². The van der Waals surface area contributed by atoms with Crippen LogP contribution in [-0.2, 0) is 10.2 Å². The van der Waals surface area contributed by atoms with E-state index in [0.29, 0.717) is 5.69 Å². The van der Waals surface area contributed by atoms with E-state index in [-0.39, 0.29) is 0 Å². The minimum absolute atomic E-state index is 0.676. The van der Waals surface area contributed by atoms with Crippen molar-refractivity contribution in [1.29, 1.82) is 0 Å². The number of hydrogen-bond donors (Lipinski definition) is 2. The predicted octanol–water partition coefficient (Wildman–Crippen LogP) is 1.99. The zero-order valence-corrected chi connectivity index (χ0v) is 8.68. The van der Waals surface area contributed by atoms with Crippen LogP contribution in [0.1, 0.15) is 19.5 Å². The van der Waals surface area contributed by atoms with Crippen LogP contribution >= 0.6 is 11.3 Å². The number of nitrogens with zero attached hydrogens (tertiary/aromatic N) is 1. The van der Waals surface area contributed by atoms with Crippen molar-refractivity contribution < 1.29 is 9.90 Å². The highest BCUT2D eigenvalue weighted by molar-refractivity contribution is 7.17. The Balaban J connectivity index is 2.64. The molecule has 0 amide bonds. The van der Waals surface area contributed by atoms with Crippen LogP contribution in [0.3, 0.4) is 0 Å². The number of aliphatic carboxylic acids is 1. The number of rotatable bonds is 2. The lowest BCUT2D eigenvalue weighted by Gasteiger charge is -2.16. The smallest absolute Gasteiger partial charge is 0.315 e. The number of carboxylic acid groups (broad SMARTS) is 1. The van der Waals surface area contributed by atoms with Crippen LogP contribution in [0.15, 0.2) is 11.4 Å². The second kappa shape index (κ2) is 2.81. The second-order valence-corrected chi connectivity index (χ2v) is 4.58. The molecule has 0 saturated carbocycles. The van der Waals surface area contributed by atoms with E-state index >= 15 is 0 Å². The van der Waals surface area contributed by atoms with Crippen LogP contribution in [0.5, 0.6) is 0 Å². The molecular formula is C9H10N2O2S. The SMILES string of the molecule is CC(C)(C(=O)O)c1[nH]nc2ccsc12. The van der Waals surface area contributed by atoms with E-state index in [9.17, 15) is 4.79 Å². The van der Waals surface area contributed by atoms with Crippen molar-refractivity contribution in [3.8, 4) is 0 Å². The van der Waals surface area contributed by atoms with Crippen molar-refractivity contribution in [3.05, 3.63) is 17.1 Å². The summed E-state index contributed by atoms with van der Waals surface area (Å²) in [5.41, 5.74) is 0.592. The number of carbonyl (C=O) groups is 1. The van der Waals surface area contributed by atoms with Gasteiger partial charge in [-0.05, 0) is 25.3 Å². The third kappa shape index (κ3) is 1.13. The van der Waals surface area contributed by atoms with Gasteiger partial charge in [0.25, 0.3) is 0 Å². The third-order valence-electron chi connectivity index (χ3n) is 2.32. The average molecular weight is 210 g/mol. The molecule has 2 aromatic heterocycles. The molecule has 74 valence electrons. The van der Waals surface area contributed by atoms with Crippen LogP contribution < -0.4 is 0 Å².